The van der Waals surface area contributed by atoms with Gasteiger partial charge in [-0.05, 0) is 24.1 Å². The minimum Gasteiger partial charge on any atom is -0.383 e. The van der Waals surface area contributed by atoms with Gasteiger partial charge in [0, 0.05) is 6.54 Å². The molecule has 0 aliphatic carbocycles. The van der Waals surface area contributed by atoms with Crippen molar-refractivity contribution < 1.29 is 9.18 Å². The molecule has 0 aliphatic heterocycles. The van der Waals surface area contributed by atoms with Gasteiger partial charge in [-0.2, -0.15) is 0 Å². The van der Waals surface area contributed by atoms with Crippen molar-refractivity contribution in [3.05, 3.63) is 92.4 Å². The number of halogens is 1. The average molecular weight is 410 g/mol. The summed E-state index contributed by atoms with van der Waals surface area (Å²) >= 11 is 0. The van der Waals surface area contributed by atoms with Gasteiger partial charge in [0.2, 0.25) is 0 Å². The number of rotatable bonds is 7. The van der Waals surface area contributed by atoms with Crippen LogP contribution in [0.15, 0.2) is 64.2 Å². The SMILES string of the molecule is CCCCN(C(=O)c1ccccc1F)c1c(N)n(Cc2ccccc2)c(=O)[nH]c1=O. The number of aromatic nitrogens is 2. The van der Waals surface area contributed by atoms with E-state index in [-0.39, 0.29) is 30.2 Å². The number of benzene rings is 2. The molecule has 3 N–H and O–H groups in total. The summed E-state index contributed by atoms with van der Waals surface area (Å²) in [5.74, 6) is -1.53. The number of carbonyl (C=O) groups excluding carboxylic acids is 1. The maximum atomic E-state index is 14.3. The van der Waals surface area contributed by atoms with Crippen LogP contribution in [0.5, 0.6) is 0 Å². The van der Waals surface area contributed by atoms with Gasteiger partial charge in [-0.1, -0.05) is 55.8 Å². The first-order valence-corrected chi connectivity index (χ1v) is 9.67. The van der Waals surface area contributed by atoms with Crippen LogP contribution in [0, 0.1) is 5.82 Å². The first kappa shape index (κ1) is 21.0. The summed E-state index contributed by atoms with van der Waals surface area (Å²) < 4.78 is 15.4. The van der Waals surface area contributed by atoms with Crippen LogP contribution in [0.25, 0.3) is 0 Å². The van der Waals surface area contributed by atoms with E-state index >= 15 is 0 Å². The maximum absolute atomic E-state index is 14.3. The van der Waals surface area contributed by atoms with Gasteiger partial charge < -0.3 is 10.6 Å². The van der Waals surface area contributed by atoms with Gasteiger partial charge >= 0.3 is 5.69 Å². The van der Waals surface area contributed by atoms with Crippen molar-refractivity contribution in [1.29, 1.82) is 0 Å². The third-order valence-electron chi connectivity index (χ3n) is 4.75. The Balaban J connectivity index is 2.12. The molecule has 3 aromatic rings. The first-order valence-electron chi connectivity index (χ1n) is 9.67. The molecule has 30 heavy (non-hydrogen) atoms. The number of unbranched alkanes of at least 4 members (excludes halogenated alkanes) is 1. The van der Waals surface area contributed by atoms with Gasteiger partial charge in [0.25, 0.3) is 11.5 Å². The first-order chi connectivity index (χ1) is 14.4. The Labute approximate surface area is 172 Å². The van der Waals surface area contributed by atoms with E-state index < -0.39 is 23.0 Å². The zero-order valence-corrected chi connectivity index (χ0v) is 16.6. The fraction of sp³-hybridized carbons (Fsp3) is 0.227. The molecule has 7 nitrogen and oxygen atoms in total. The largest absolute Gasteiger partial charge is 0.383 e. The van der Waals surface area contributed by atoms with Crippen LogP contribution in [0.3, 0.4) is 0 Å². The molecule has 1 aromatic heterocycles. The van der Waals surface area contributed by atoms with E-state index in [0.717, 1.165) is 16.9 Å². The molecule has 156 valence electrons. The van der Waals surface area contributed by atoms with Crippen molar-refractivity contribution in [2.45, 2.75) is 26.3 Å². The third-order valence-corrected chi connectivity index (χ3v) is 4.75. The van der Waals surface area contributed by atoms with Gasteiger partial charge in [0.15, 0.2) is 5.69 Å². The molecule has 2 aromatic carbocycles. The van der Waals surface area contributed by atoms with Gasteiger partial charge in [-0.3, -0.25) is 19.1 Å². The highest BCUT2D eigenvalue weighted by molar-refractivity contribution is 6.07. The summed E-state index contributed by atoms with van der Waals surface area (Å²) in [5.41, 5.74) is 5.21. The van der Waals surface area contributed by atoms with Crippen molar-refractivity contribution in [3.63, 3.8) is 0 Å². The van der Waals surface area contributed by atoms with Crippen LogP contribution in [-0.2, 0) is 6.54 Å². The van der Waals surface area contributed by atoms with E-state index in [4.69, 9.17) is 5.73 Å². The number of anilines is 2. The molecule has 0 fully saturated rings. The van der Waals surface area contributed by atoms with E-state index in [1.807, 2.05) is 37.3 Å². The fourth-order valence-corrected chi connectivity index (χ4v) is 3.17. The summed E-state index contributed by atoms with van der Waals surface area (Å²) in [4.78, 5) is 41.6. The second-order valence-corrected chi connectivity index (χ2v) is 6.86. The molecule has 0 unspecified atom stereocenters. The van der Waals surface area contributed by atoms with Crippen LogP contribution in [0.4, 0.5) is 15.9 Å². The molecule has 0 saturated heterocycles. The summed E-state index contributed by atoms with van der Waals surface area (Å²) in [5, 5.41) is 0. The number of H-pyrrole nitrogens is 1. The average Bonchev–Trinajstić information content (AvgIpc) is 2.74. The lowest BCUT2D eigenvalue weighted by Crippen LogP contribution is -2.42. The molecule has 1 amide bonds. The predicted molar refractivity (Wildman–Crippen MR) is 114 cm³/mol. The smallest absolute Gasteiger partial charge is 0.330 e. The number of carbonyl (C=O) groups is 1. The van der Waals surface area contributed by atoms with Crippen LogP contribution in [0.2, 0.25) is 0 Å². The topological polar surface area (TPSA) is 101 Å². The Morgan fingerprint density at radius 3 is 2.43 bits per heavy atom. The molecule has 0 aliphatic rings. The Morgan fingerprint density at radius 1 is 1.10 bits per heavy atom. The van der Waals surface area contributed by atoms with Crippen LogP contribution >= 0.6 is 0 Å². The standard InChI is InChI=1S/C22H23FN4O3/c1-2-3-13-26(21(29)16-11-7-8-12-17(16)23)18-19(24)27(22(30)25-20(18)28)14-15-9-5-4-6-10-15/h4-12H,2-3,13-14,24H2,1H3,(H,25,28,30). The van der Waals surface area contributed by atoms with E-state index in [1.54, 1.807) is 0 Å². The minimum absolute atomic E-state index is 0.116. The number of nitrogens with two attached hydrogens (primary N) is 1. The fourth-order valence-electron chi connectivity index (χ4n) is 3.17. The second-order valence-electron chi connectivity index (χ2n) is 6.86. The number of amides is 1. The van der Waals surface area contributed by atoms with Crippen molar-refractivity contribution in [3.8, 4) is 0 Å². The Bertz CT molecular complexity index is 1160. The summed E-state index contributed by atoms with van der Waals surface area (Å²) in [6.07, 6.45) is 1.30. The van der Waals surface area contributed by atoms with Crippen molar-refractivity contribution in [2.75, 3.05) is 17.2 Å². The Hall–Kier alpha value is -3.68. The molecule has 0 saturated carbocycles. The van der Waals surface area contributed by atoms with Crippen molar-refractivity contribution in [1.82, 2.24) is 9.55 Å². The lowest BCUT2D eigenvalue weighted by atomic mass is 10.1. The number of nitrogens with zero attached hydrogens (tertiary/aromatic N) is 2. The highest BCUT2D eigenvalue weighted by atomic mass is 19.1. The highest BCUT2D eigenvalue weighted by Crippen LogP contribution is 2.22. The number of nitrogen functional groups attached to an aromatic ring is 1. The van der Waals surface area contributed by atoms with E-state index in [1.165, 1.54) is 28.8 Å². The molecule has 8 heteroatoms. The molecule has 0 bridgehead atoms. The molecule has 0 radical (unpaired) electrons. The lowest BCUT2D eigenvalue weighted by Gasteiger charge is -2.24. The Morgan fingerprint density at radius 2 is 1.77 bits per heavy atom. The highest BCUT2D eigenvalue weighted by Gasteiger charge is 2.26. The van der Waals surface area contributed by atoms with E-state index in [9.17, 15) is 18.8 Å². The number of nitrogens with one attached hydrogen (secondary N) is 1. The monoisotopic (exact) mass is 410 g/mol. The van der Waals surface area contributed by atoms with E-state index in [2.05, 4.69) is 4.98 Å². The zero-order valence-electron chi connectivity index (χ0n) is 16.6. The van der Waals surface area contributed by atoms with Gasteiger partial charge in [-0.25, -0.2) is 9.18 Å². The molecule has 3 rings (SSSR count). The summed E-state index contributed by atoms with van der Waals surface area (Å²) in [6, 6.07) is 14.6. The molecular formula is C22H23FN4O3. The van der Waals surface area contributed by atoms with Crippen molar-refractivity contribution >= 4 is 17.4 Å². The van der Waals surface area contributed by atoms with Gasteiger partial charge in [0.1, 0.15) is 11.6 Å². The predicted octanol–water partition coefficient (Wildman–Crippen LogP) is 2.75. The third kappa shape index (κ3) is 4.32. The number of aromatic amines is 1. The van der Waals surface area contributed by atoms with Gasteiger partial charge in [-0.15, -0.1) is 0 Å². The summed E-state index contributed by atoms with van der Waals surface area (Å²) in [7, 11) is 0. The second kappa shape index (κ2) is 9.21. The minimum atomic E-state index is -0.789. The van der Waals surface area contributed by atoms with Crippen LogP contribution in [0.1, 0.15) is 35.7 Å². The quantitative estimate of drug-likeness (QED) is 0.625. The number of hydrogen-bond donors (Lipinski definition) is 2. The van der Waals surface area contributed by atoms with Crippen molar-refractivity contribution in [2.24, 2.45) is 0 Å². The molecule has 0 spiro atoms. The number of hydrogen-bond acceptors (Lipinski definition) is 4. The normalized spacial score (nSPS) is 10.7. The van der Waals surface area contributed by atoms with Gasteiger partial charge in [0.05, 0.1) is 12.1 Å². The molecular weight excluding hydrogens is 387 g/mol. The zero-order chi connectivity index (χ0) is 21.7. The molecule has 1 heterocycles. The lowest BCUT2D eigenvalue weighted by molar-refractivity contribution is 0.0982. The molecule has 0 atom stereocenters. The summed E-state index contributed by atoms with van der Waals surface area (Å²) in [6.45, 7) is 2.20. The van der Waals surface area contributed by atoms with Crippen LogP contribution in [-0.4, -0.2) is 22.0 Å². The van der Waals surface area contributed by atoms with Crippen LogP contribution < -0.4 is 21.9 Å². The van der Waals surface area contributed by atoms with E-state index in [0.29, 0.717) is 6.42 Å². The maximum Gasteiger partial charge on any atom is 0.330 e. The Kier molecular flexibility index (Phi) is 6.46.